The van der Waals surface area contributed by atoms with Crippen LogP contribution in [0.5, 0.6) is 0 Å². The number of aliphatic hydroxyl groups is 1. The van der Waals surface area contributed by atoms with Crippen molar-refractivity contribution >= 4 is 5.91 Å². The quantitative estimate of drug-likeness (QED) is 0.926. The van der Waals surface area contributed by atoms with Crippen LogP contribution in [0.4, 0.5) is 0 Å². The number of hydrogen-bond donors (Lipinski definition) is 1. The number of aliphatic hydroxyl groups excluding tert-OH is 1. The number of likely N-dealkylation sites (tertiary alicyclic amines) is 2. The number of piperidine rings is 1. The predicted octanol–water partition coefficient (Wildman–Crippen LogP) is 2.12. The molecule has 0 spiro atoms. The van der Waals surface area contributed by atoms with Crippen LogP contribution in [0.25, 0.3) is 0 Å². The van der Waals surface area contributed by atoms with Crippen molar-refractivity contribution in [3.05, 3.63) is 35.4 Å². The molecule has 2 heterocycles. The topological polar surface area (TPSA) is 43.8 Å². The molecule has 120 valence electrons. The summed E-state index contributed by atoms with van der Waals surface area (Å²) in [6.07, 6.45) is 3.39. The molecule has 4 nitrogen and oxygen atoms in total. The van der Waals surface area contributed by atoms with Crippen molar-refractivity contribution in [1.29, 1.82) is 0 Å². The first-order valence-electron chi connectivity index (χ1n) is 8.40. The first-order valence-corrected chi connectivity index (χ1v) is 8.40. The van der Waals surface area contributed by atoms with E-state index in [1.165, 1.54) is 5.56 Å². The molecular formula is C18H26N2O2. The molecule has 0 aromatic heterocycles. The number of rotatable bonds is 4. The highest BCUT2D eigenvalue weighted by molar-refractivity contribution is 5.78. The van der Waals surface area contributed by atoms with Crippen molar-refractivity contribution in [2.24, 2.45) is 0 Å². The Morgan fingerprint density at radius 2 is 1.86 bits per heavy atom. The molecule has 3 rings (SSSR count). The molecule has 2 saturated heterocycles. The third-order valence-electron chi connectivity index (χ3n) is 5.00. The number of carbonyl (C=O) groups is 1. The summed E-state index contributed by atoms with van der Waals surface area (Å²) >= 11 is 0. The highest BCUT2D eigenvalue weighted by Crippen LogP contribution is 2.23. The van der Waals surface area contributed by atoms with Gasteiger partial charge in [0.05, 0.1) is 6.10 Å². The van der Waals surface area contributed by atoms with E-state index in [0.29, 0.717) is 18.5 Å². The first kappa shape index (κ1) is 15.5. The van der Waals surface area contributed by atoms with E-state index in [1.54, 1.807) is 0 Å². The largest absolute Gasteiger partial charge is 0.387 e. The maximum absolute atomic E-state index is 11.8. The van der Waals surface area contributed by atoms with Crippen molar-refractivity contribution in [3.63, 3.8) is 0 Å². The fourth-order valence-corrected chi connectivity index (χ4v) is 3.61. The zero-order valence-corrected chi connectivity index (χ0v) is 13.4. The molecule has 2 aliphatic rings. The minimum absolute atomic E-state index is 0.332. The molecular weight excluding hydrogens is 276 g/mol. The number of nitrogens with zero attached hydrogens (tertiary/aromatic N) is 2. The van der Waals surface area contributed by atoms with E-state index in [2.05, 4.69) is 16.7 Å². The molecule has 4 heteroatoms. The lowest BCUT2D eigenvalue weighted by Crippen LogP contribution is -2.46. The third-order valence-corrected chi connectivity index (χ3v) is 5.00. The molecule has 1 aromatic rings. The Hall–Kier alpha value is -1.39. The van der Waals surface area contributed by atoms with Gasteiger partial charge in [0.15, 0.2) is 0 Å². The van der Waals surface area contributed by atoms with Gasteiger partial charge < -0.3 is 14.9 Å². The minimum atomic E-state index is -0.425. The molecule has 2 fully saturated rings. The smallest absolute Gasteiger partial charge is 0.222 e. The summed E-state index contributed by atoms with van der Waals surface area (Å²) in [7, 11) is 0. The molecule has 0 radical (unpaired) electrons. The molecule has 1 amide bonds. The molecule has 1 atom stereocenters. The van der Waals surface area contributed by atoms with Crippen LogP contribution in [0.1, 0.15) is 42.9 Å². The lowest BCUT2D eigenvalue weighted by atomic mass is 10.0. The van der Waals surface area contributed by atoms with Crippen molar-refractivity contribution in [2.45, 2.75) is 44.8 Å². The average Bonchev–Trinajstić information content (AvgIpc) is 2.95. The van der Waals surface area contributed by atoms with Crippen LogP contribution in [-0.4, -0.2) is 53.0 Å². The molecule has 0 aliphatic carbocycles. The Balaban J connectivity index is 1.49. The predicted molar refractivity (Wildman–Crippen MR) is 86.5 cm³/mol. The van der Waals surface area contributed by atoms with Crippen LogP contribution >= 0.6 is 0 Å². The number of β-amino-alcohol motifs (C(OH)–C–C–N with tert-alkyl or cyclic N) is 1. The summed E-state index contributed by atoms with van der Waals surface area (Å²) in [6, 6.07) is 8.53. The monoisotopic (exact) mass is 302 g/mol. The third kappa shape index (κ3) is 3.50. The van der Waals surface area contributed by atoms with Gasteiger partial charge in [0.2, 0.25) is 5.91 Å². The highest BCUT2D eigenvalue weighted by atomic mass is 16.3. The number of aryl methyl sites for hydroxylation is 1. The van der Waals surface area contributed by atoms with Gasteiger partial charge in [0.25, 0.3) is 0 Å². The van der Waals surface area contributed by atoms with Gasteiger partial charge in [-0.2, -0.15) is 0 Å². The maximum atomic E-state index is 11.8. The molecule has 2 aliphatic heterocycles. The molecule has 1 aromatic carbocycles. The summed E-state index contributed by atoms with van der Waals surface area (Å²) in [6.45, 7) is 5.62. The minimum Gasteiger partial charge on any atom is -0.387 e. The van der Waals surface area contributed by atoms with Crippen molar-refractivity contribution in [1.82, 2.24) is 9.80 Å². The Labute approximate surface area is 132 Å². The fraction of sp³-hybridized carbons (Fsp3) is 0.611. The standard InChI is InChI=1S/C18H26N2O2/c1-14-4-6-15(7-5-14)17(21)13-19-11-8-16(9-12-19)20-10-2-3-18(20)22/h4-7,16-17,21H,2-3,8-13H2,1H3. The summed E-state index contributed by atoms with van der Waals surface area (Å²) in [5.74, 6) is 0.332. The summed E-state index contributed by atoms with van der Waals surface area (Å²) < 4.78 is 0. The molecule has 1 unspecified atom stereocenters. The fourth-order valence-electron chi connectivity index (χ4n) is 3.61. The number of carbonyl (C=O) groups excluding carboxylic acids is 1. The van der Waals surface area contributed by atoms with Crippen LogP contribution in [0.2, 0.25) is 0 Å². The van der Waals surface area contributed by atoms with Gasteiger partial charge in [-0.15, -0.1) is 0 Å². The van der Waals surface area contributed by atoms with Crippen LogP contribution in [-0.2, 0) is 4.79 Å². The molecule has 22 heavy (non-hydrogen) atoms. The lowest BCUT2D eigenvalue weighted by molar-refractivity contribution is -0.130. The van der Waals surface area contributed by atoms with Gasteiger partial charge in [-0.25, -0.2) is 0 Å². The Morgan fingerprint density at radius 3 is 2.45 bits per heavy atom. The highest BCUT2D eigenvalue weighted by Gasteiger charge is 2.31. The van der Waals surface area contributed by atoms with Crippen LogP contribution in [0.3, 0.4) is 0 Å². The van der Waals surface area contributed by atoms with E-state index in [9.17, 15) is 9.90 Å². The van der Waals surface area contributed by atoms with E-state index in [-0.39, 0.29) is 0 Å². The zero-order chi connectivity index (χ0) is 15.5. The molecule has 0 bridgehead atoms. The zero-order valence-electron chi connectivity index (χ0n) is 13.4. The second-order valence-corrected chi connectivity index (χ2v) is 6.65. The van der Waals surface area contributed by atoms with Crippen LogP contribution < -0.4 is 0 Å². The summed E-state index contributed by atoms with van der Waals surface area (Å²) in [4.78, 5) is 16.2. The Kier molecular flexibility index (Phi) is 4.79. The van der Waals surface area contributed by atoms with E-state index in [4.69, 9.17) is 0 Å². The number of amides is 1. The van der Waals surface area contributed by atoms with Gasteiger partial charge in [-0.1, -0.05) is 29.8 Å². The van der Waals surface area contributed by atoms with Crippen molar-refractivity contribution in [3.8, 4) is 0 Å². The van der Waals surface area contributed by atoms with Crippen LogP contribution in [0.15, 0.2) is 24.3 Å². The molecule has 0 saturated carbocycles. The number of benzene rings is 1. The van der Waals surface area contributed by atoms with Gasteiger partial charge >= 0.3 is 0 Å². The Bertz CT molecular complexity index is 506. The normalized spacial score (nSPS) is 22.3. The second kappa shape index (κ2) is 6.80. The number of hydrogen-bond acceptors (Lipinski definition) is 3. The molecule has 1 N–H and O–H groups in total. The van der Waals surface area contributed by atoms with Gasteiger partial charge in [0, 0.05) is 38.6 Å². The van der Waals surface area contributed by atoms with Crippen molar-refractivity contribution < 1.29 is 9.90 Å². The van der Waals surface area contributed by atoms with E-state index >= 15 is 0 Å². The SMILES string of the molecule is Cc1ccc(C(O)CN2CCC(N3CCCC3=O)CC2)cc1. The maximum Gasteiger partial charge on any atom is 0.222 e. The van der Waals surface area contributed by atoms with Crippen molar-refractivity contribution in [2.75, 3.05) is 26.2 Å². The van der Waals surface area contributed by atoms with E-state index in [1.807, 2.05) is 24.3 Å². The Morgan fingerprint density at radius 1 is 1.18 bits per heavy atom. The van der Waals surface area contributed by atoms with Gasteiger partial charge in [-0.3, -0.25) is 4.79 Å². The summed E-state index contributed by atoms with van der Waals surface area (Å²) in [5.41, 5.74) is 2.20. The second-order valence-electron chi connectivity index (χ2n) is 6.65. The average molecular weight is 302 g/mol. The lowest BCUT2D eigenvalue weighted by Gasteiger charge is -2.37. The first-order chi connectivity index (χ1) is 10.6. The van der Waals surface area contributed by atoms with E-state index in [0.717, 1.165) is 50.9 Å². The summed E-state index contributed by atoms with van der Waals surface area (Å²) in [5, 5.41) is 10.4. The van der Waals surface area contributed by atoms with Gasteiger partial charge in [0.1, 0.15) is 0 Å². The van der Waals surface area contributed by atoms with Crippen LogP contribution in [0, 0.1) is 6.92 Å². The van der Waals surface area contributed by atoms with E-state index < -0.39 is 6.10 Å². The van der Waals surface area contributed by atoms with Gasteiger partial charge in [-0.05, 0) is 31.7 Å².